The van der Waals surface area contributed by atoms with E-state index in [9.17, 15) is 4.79 Å². The zero-order chi connectivity index (χ0) is 15.9. The van der Waals surface area contributed by atoms with Crippen LogP contribution in [0, 0.1) is 22.7 Å². The molecular weight excluding hydrogens is 300 g/mol. The molecule has 4 nitrogen and oxygen atoms in total. The van der Waals surface area contributed by atoms with Crippen molar-refractivity contribution in [2.75, 3.05) is 0 Å². The number of halogens is 1. The first kappa shape index (κ1) is 15.3. The summed E-state index contributed by atoms with van der Waals surface area (Å²) in [6, 6.07) is 16.4. The number of hydrogen-bond donors (Lipinski definition) is 0. The highest BCUT2D eigenvalue weighted by molar-refractivity contribution is 6.30. The van der Waals surface area contributed by atoms with Gasteiger partial charge in [-0.15, -0.1) is 0 Å². The molecule has 2 aromatic rings. The van der Waals surface area contributed by atoms with Gasteiger partial charge in [0.25, 0.3) is 0 Å². The van der Waals surface area contributed by atoms with Gasteiger partial charge in [0.05, 0.1) is 5.56 Å². The molecule has 0 radical (unpaired) electrons. The zero-order valence-corrected chi connectivity index (χ0v) is 12.0. The molecule has 0 aliphatic carbocycles. The number of carbonyl (C=O) groups is 1. The predicted molar refractivity (Wildman–Crippen MR) is 82.1 cm³/mol. The summed E-state index contributed by atoms with van der Waals surface area (Å²) in [5.41, 5.74) is 1.07. The van der Waals surface area contributed by atoms with Gasteiger partial charge in [-0.3, -0.25) is 0 Å². The molecule has 0 atom stereocenters. The topological polar surface area (TPSA) is 73.9 Å². The molecule has 0 saturated carbocycles. The maximum Gasteiger partial charge on any atom is 0.343 e. The molecule has 0 N–H and O–H groups in total. The van der Waals surface area contributed by atoms with E-state index in [4.69, 9.17) is 26.9 Å². The van der Waals surface area contributed by atoms with Crippen LogP contribution < -0.4 is 4.74 Å². The SMILES string of the molecule is N#CC(C#N)=Cc1ccc(OC(=O)c2ccc(Cl)cc2)cc1. The maximum atomic E-state index is 11.9. The molecular formula is C17H9ClN2O2. The quantitative estimate of drug-likeness (QED) is 0.488. The maximum absolute atomic E-state index is 11.9. The molecule has 5 heteroatoms. The second kappa shape index (κ2) is 7.08. The van der Waals surface area contributed by atoms with Crippen molar-refractivity contribution in [2.45, 2.75) is 0 Å². The summed E-state index contributed by atoms with van der Waals surface area (Å²) in [6.45, 7) is 0. The molecule has 0 aliphatic rings. The number of nitrogens with zero attached hydrogens (tertiary/aromatic N) is 2. The fourth-order valence-electron chi connectivity index (χ4n) is 1.64. The number of carbonyl (C=O) groups excluding carboxylic acids is 1. The molecule has 0 fully saturated rings. The molecule has 0 saturated heterocycles. The lowest BCUT2D eigenvalue weighted by Gasteiger charge is -2.04. The Morgan fingerprint density at radius 2 is 1.59 bits per heavy atom. The van der Waals surface area contributed by atoms with Crippen LogP contribution in [0.2, 0.25) is 5.02 Å². The summed E-state index contributed by atoms with van der Waals surface area (Å²) in [7, 11) is 0. The van der Waals surface area contributed by atoms with E-state index in [0.29, 0.717) is 21.9 Å². The Morgan fingerprint density at radius 1 is 1.00 bits per heavy atom. The average molecular weight is 309 g/mol. The van der Waals surface area contributed by atoms with Crippen molar-refractivity contribution >= 4 is 23.6 Å². The molecule has 0 bridgehead atoms. The average Bonchev–Trinajstić information content (AvgIpc) is 2.54. The summed E-state index contributed by atoms with van der Waals surface area (Å²) >= 11 is 5.76. The largest absolute Gasteiger partial charge is 0.423 e. The van der Waals surface area contributed by atoms with Gasteiger partial charge in [-0.2, -0.15) is 10.5 Å². The number of nitriles is 2. The molecule has 22 heavy (non-hydrogen) atoms. The van der Waals surface area contributed by atoms with E-state index in [1.54, 1.807) is 60.7 Å². The van der Waals surface area contributed by atoms with E-state index in [-0.39, 0.29) is 5.57 Å². The number of hydrogen-bond acceptors (Lipinski definition) is 4. The lowest BCUT2D eigenvalue weighted by Crippen LogP contribution is -2.08. The summed E-state index contributed by atoms with van der Waals surface area (Å²) < 4.78 is 5.22. The van der Waals surface area contributed by atoms with Crippen molar-refractivity contribution in [3.05, 3.63) is 70.3 Å². The van der Waals surface area contributed by atoms with Crippen LogP contribution in [-0.2, 0) is 0 Å². The van der Waals surface area contributed by atoms with Crippen molar-refractivity contribution in [3.63, 3.8) is 0 Å². The summed E-state index contributed by atoms with van der Waals surface area (Å²) in [6.07, 6.45) is 1.45. The first-order valence-corrected chi connectivity index (χ1v) is 6.60. The molecule has 0 unspecified atom stereocenters. The van der Waals surface area contributed by atoms with Gasteiger partial charge in [-0.05, 0) is 48.0 Å². The van der Waals surface area contributed by atoms with Crippen LogP contribution >= 0.6 is 11.6 Å². The molecule has 0 amide bonds. The van der Waals surface area contributed by atoms with E-state index < -0.39 is 5.97 Å². The van der Waals surface area contributed by atoms with E-state index in [2.05, 4.69) is 0 Å². The number of benzene rings is 2. The Bertz CT molecular complexity index is 779. The number of allylic oxidation sites excluding steroid dienone is 1. The first-order chi connectivity index (χ1) is 10.6. The van der Waals surface area contributed by atoms with Gasteiger partial charge in [0.2, 0.25) is 0 Å². The molecule has 2 aromatic carbocycles. The highest BCUT2D eigenvalue weighted by Gasteiger charge is 2.08. The van der Waals surface area contributed by atoms with Crippen molar-refractivity contribution in [3.8, 4) is 17.9 Å². The van der Waals surface area contributed by atoms with E-state index in [0.717, 1.165) is 0 Å². The van der Waals surface area contributed by atoms with Gasteiger partial charge in [-0.25, -0.2) is 4.79 Å². The number of esters is 1. The smallest absolute Gasteiger partial charge is 0.343 e. The molecule has 106 valence electrons. The molecule has 0 spiro atoms. The van der Waals surface area contributed by atoms with Gasteiger partial charge in [0.15, 0.2) is 0 Å². The summed E-state index contributed by atoms with van der Waals surface area (Å²) in [5.74, 6) is -0.123. The zero-order valence-electron chi connectivity index (χ0n) is 11.3. The van der Waals surface area contributed by atoms with E-state index in [1.807, 2.05) is 0 Å². The van der Waals surface area contributed by atoms with E-state index in [1.165, 1.54) is 6.08 Å². The minimum absolute atomic E-state index is 0.00547. The lowest BCUT2D eigenvalue weighted by atomic mass is 10.1. The third-order valence-corrected chi connectivity index (χ3v) is 2.97. The summed E-state index contributed by atoms with van der Waals surface area (Å²) in [4.78, 5) is 11.9. The van der Waals surface area contributed by atoms with Gasteiger partial charge >= 0.3 is 5.97 Å². The highest BCUT2D eigenvalue weighted by Crippen LogP contribution is 2.17. The minimum atomic E-state index is -0.491. The van der Waals surface area contributed by atoms with Gasteiger partial charge < -0.3 is 4.74 Å². The van der Waals surface area contributed by atoms with Crippen LogP contribution in [0.1, 0.15) is 15.9 Å². The van der Waals surface area contributed by atoms with Crippen molar-refractivity contribution < 1.29 is 9.53 Å². The first-order valence-electron chi connectivity index (χ1n) is 6.22. The Kier molecular flexibility index (Phi) is 4.93. The van der Waals surface area contributed by atoms with Gasteiger partial charge in [0.1, 0.15) is 23.5 Å². The monoisotopic (exact) mass is 308 g/mol. The Labute approximate surface area is 132 Å². The highest BCUT2D eigenvalue weighted by atomic mass is 35.5. The predicted octanol–water partition coefficient (Wildman–Crippen LogP) is 3.99. The summed E-state index contributed by atoms with van der Waals surface area (Å²) in [5, 5.41) is 17.9. The van der Waals surface area contributed by atoms with Crippen molar-refractivity contribution in [1.29, 1.82) is 10.5 Å². The standard InChI is InChI=1S/C17H9ClN2O2/c18-15-5-3-14(4-6-15)17(21)22-16-7-1-12(2-8-16)9-13(10-19)11-20/h1-9H. The third-order valence-electron chi connectivity index (χ3n) is 2.72. The van der Waals surface area contributed by atoms with Crippen LogP contribution in [0.4, 0.5) is 0 Å². The van der Waals surface area contributed by atoms with Crippen LogP contribution in [0.5, 0.6) is 5.75 Å². The molecule has 0 heterocycles. The van der Waals surface area contributed by atoms with Gasteiger partial charge in [0, 0.05) is 5.02 Å². The third kappa shape index (κ3) is 3.96. The second-order valence-corrected chi connectivity index (χ2v) is 4.68. The van der Waals surface area contributed by atoms with Gasteiger partial charge in [-0.1, -0.05) is 23.7 Å². The Morgan fingerprint density at radius 3 is 2.14 bits per heavy atom. The van der Waals surface area contributed by atoms with Crippen LogP contribution in [-0.4, -0.2) is 5.97 Å². The van der Waals surface area contributed by atoms with E-state index >= 15 is 0 Å². The fraction of sp³-hybridized carbons (Fsp3) is 0. The molecule has 0 aliphatic heterocycles. The van der Waals surface area contributed by atoms with Crippen LogP contribution in [0.3, 0.4) is 0 Å². The van der Waals surface area contributed by atoms with Crippen LogP contribution in [0.15, 0.2) is 54.1 Å². The van der Waals surface area contributed by atoms with Crippen molar-refractivity contribution in [1.82, 2.24) is 0 Å². The van der Waals surface area contributed by atoms with Crippen LogP contribution in [0.25, 0.3) is 6.08 Å². The normalized spacial score (nSPS) is 9.23. The Balaban J connectivity index is 2.10. The number of ether oxygens (including phenoxy) is 1. The fourth-order valence-corrected chi connectivity index (χ4v) is 1.77. The molecule has 2 rings (SSSR count). The molecule has 0 aromatic heterocycles. The van der Waals surface area contributed by atoms with Crippen molar-refractivity contribution in [2.24, 2.45) is 0 Å². The Hall–Kier alpha value is -3.08. The lowest BCUT2D eigenvalue weighted by molar-refractivity contribution is 0.0735. The second-order valence-electron chi connectivity index (χ2n) is 4.25. The minimum Gasteiger partial charge on any atom is -0.423 e. The number of rotatable bonds is 3.